The van der Waals surface area contributed by atoms with Crippen molar-refractivity contribution in [2.75, 3.05) is 5.33 Å². The van der Waals surface area contributed by atoms with Crippen LogP contribution in [0.5, 0.6) is 0 Å². The summed E-state index contributed by atoms with van der Waals surface area (Å²) in [5, 5.41) is 16.8. The first kappa shape index (κ1) is 15.6. The van der Waals surface area contributed by atoms with E-state index >= 15 is 0 Å². The number of allylic oxidation sites excluding steroid dienone is 1. The summed E-state index contributed by atoms with van der Waals surface area (Å²) in [6, 6.07) is 2.01. The molecule has 1 N–H and O–H groups in total. The van der Waals surface area contributed by atoms with E-state index in [1.54, 1.807) is 13.0 Å². The Labute approximate surface area is 127 Å². The van der Waals surface area contributed by atoms with Crippen molar-refractivity contribution in [1.29, 1.82) is 5.26 Å². The molecule has 21 heavy (non-hydrogen) atoms. The molecule has 2 heterocycles. The van der Waals surface area contributed by atoms with Crippen LogP contribution in [0.25, 0.3) is 0 Å². The Kier molecular flexibility index (Phi) is 3.84. The average molecular weight is 362 g/mol. The quantitative estimate of drug-likeness (QED) is 0.822. The summed E-state index contributed by atoms with van der Waals surface area (Å²) in [6.07, 6.45) is -1.77. The normalized spacial score (nSPS) is 22.1. The number of hydrogen-bond donors (Lipinski definition) is 1. The predicted octanol–water partition coefficient (Wildman–Crippen LogP) is 2.35. The lowest BCUT2D eigenvalue weighted by Crippen LogP contribution is -2.40. The molecule has 1 aliphatic rings. The van der Waals surface area contributed by atoms with E-state index in [0.717, 1.165) is 4.68 Å². The van der Waals surface area contributed by atoms with Crippen LogP contribution in [-0.2, 0) is 13.2 Å². The van der Waals surface area contributed by atoms with Gasteiger partial charge in [-0.3, -0.25) is 10.1 Å². The van der Waals surface area contributed by atoms with Crippen molar-refractivity contribution in [3.8, 4) is 6.07 Å². The number of aryl methyl sites for hydroxylation is 1. The monoisotopic (exact) mass is 361 g/mol. The lowest BCUT2D eigenvalue weighted by atomic mass is 9.95. The van der Waals surface area contributed by atoms with Crippen molar-refractivity contribution in [2.24, 2.45) is 12.1 Å². The standard InChI is InChI=1S/C12H11BrF3N5/c1-11(6-17)3-7(4-13)9(18-20-11)8-5-21(2)19-10(8)12(14,15)16/h3,5,20H,4H2,1-2H3. The molecule has 1 aliphatic heterocycles. The van der Waals surface area contributed by atoms with Gasteiger partial charge in [0.1, 0.15) is 0 Å². The van der Waals surface area contributed by atoms with Crippen LogP contribution >= 0.6 is 15.9 Å². The Hall–Kier alpha value is -1.82. The topological polar surface area (TPSA) is 66.0 Å². The largest absolute Gasteiger partial charge is 0.435 e. The van der Waals surface area contributed by atoms with Crippen molar-refractivity contribution in [1.82, 2.24) is 15.2 Å². The summed E-state index contributed by atoms with van der Waals surface area (Å²) in [6.45, 7) is 1.59. The van der Waals surface area contributed by atoms with Gasteiger partial charge in [0.15, 0.2) is 11.2 Å². The number of hydrazone groups is 1. The lowest BCUT2D eigenvalue weighted by Gasteiger charge is -2.25. The number of aromatic nitrogens is 2. The van der Waals surface area contributed by atoms with Crippen LogP contribution in [0.4, 0.5) is 13.2 Å². The summed E-state index contributed by atoms with van der Waals surface area (Å²) in [5.74, 6) is 0. The van der Waals surface area contributed by atoms with E-state index in [2.05, 4.69) is 31.6 Å². The number of alkyl halides is 4. The van der Waals surface area contributed by atoms with Gasteiger partial charge < -0.3 is 0 Å². The number of hydrogen-bond acceptors (Lipinski definition) is 4. The number of nitrogens with one attached hydrogen (secondary N) is 1. The van der Waals surface area contributed by atoms with Crippen molar-refractivity contribution < 1.29 is 13.2 Å². The molecule has 0 amide bonds. The zero-order valence-corrected chi connectivity index (χ0v) is 12.7. The fraction of sp³-hybridized carbons (Fsp3) is 0.417. The van der Waals surface area contributed by atoms with Gasteiger partial charge in [0, 0.05) is 18.6 Å². The van der Waals surface area contributed by atoms with E-state index in [-0.39, 0.29) is 16.6 Å². The summed E-state index contributed by atoms with van der Waals surface area (Å²) >= 11 is 3.22. The molecule has 112 valence electrons. The van der Waals surface area contributed by atoms with Crippen LogP contribution < -0.4 is 5.43 Å². The minimum absolute atomic E-state index is 0.122. The molecular formula is C12H11BrF3N5. The van der Waals surface area contributed by atoms with E-state index in [1.807, 2.05) is 6.07 Å². The van der Waals surface area contributed by atoms with Crippen molar-refractivity contribution in [2.45, 2.75) is 18.6 Å². The molecule has 5 nitrogen and oxygen atoms in total. The van der Waals surface area contributed by atoms with E-state index < -0.39 is 17.4 Å². The van der Waals surface area contributed by atoms with Gasteiger partial charge in [-0.2, -0.15) is 28.6 Å². The zero-order valence-electron chi connectivity index (χ0n) is 11.2. The molecular weight excluding hydrogens is 351 g/mol. The summed E-state index contributed by atoms with van der Waals surface area (Å²) in [5.41, 5.74) is 1.02. The highest BCUT2D eigenvalue weighted by molar-refractivity contribution is 9.09. The third-order valence-corrected chi connectivity index (χ3v) is 3.50. The molecule has 0 fully saturated rings. The maximum Gasteiger partial charge on any atom is 0.435 e. The smallest absolute Gasteiger partial charge is 0.286 e. The Balaban J connectivity index is 2.54. The van der Waals surface area contributed by atoms with Crippen LogP contribution in [-0.4, -0.2) is 26.4 Å². The fourth-order valence-corrected chi connectivity index (χ4v) is 2.38. The van der Waals surface area contributed by atoms with E-state index in [1.165, 1.54) is 13.2 Å². The molecule has 0 aromatic carbocycles. The molecule has 1 unspecified atom stereocenters. The van der Waals surface area contributed by atoms with Crippen LogP contribution in [0.1, 0.15) is 18.2 Å². The van der Waals surface area contributed by atoms with Crippen molar-refractivity contribution in [3.63, 3.8) is 0 Å². The number of rotatable bonds is 2. The minimum atomic E-state index is -4.58. The third-order valence-electron chi connectivity index (χ3n) is 2.90. The first-order valence-electron chi connectivity index (χ1n) is 5.85. The van der Waals surface area contributed by atoms with Crippen molar-refractivity contribution >= 4 is 21.6 Å². The SMILES string of the molecule is Cn1cc(C2=NNC(C)(C#N)C=C2CBr)c(C(F)(F)F)n1. The summed E-state index contributed by atoms with van der Waals surface area (Å²) < 4.78 is 40.2. The zero-order chi connectivity index (χ0) is 15.8. The number of halogens is 4. The molecule has 9 heteroatoms. The third kappa shape index (κ3) is 2.95. The van der Waals surface area contributed by atoms with Gasteiger partial charge in [-0.15, -0.1) is 0 Å². The lowest BCUT2D eigenvalue weighted by molar-refractivity contribution is -0.141. The highest BCUT2D eigenvalue weighted by atomic mass is 79.9. The molecule has 1 atom stereocenters. The van der Waals surface area contributed by atoms with Gasteiger partial charge in [0.2, 0.25) is 0 Å². The van der Waals surface area contributed by atoms with Gasteiger partial charge in [0.05, 0.1) is 17.3 Å². The predicted molar refractivity (Wildman–Crippen MR) is 73.8 cm³/mol. The second kappa shape index (κ2) is 5.18. The Morgan fingerprint density at radius 1 is 1.52 bits per heavy atom. The molecule has 0 bridgehead atoms. The van der Waals surface area contributed by atoms with Gasteiger partial charge in [0.25, 0.3) is 0 Å². The molecule has 1 aromatic rings. The van der Waals surface area contributed by atoms with Crippen LogP contribution in [0, 0.1) is 11.3 Å². The summed E-state index contributed by atoms with van der Waals surface area (Å²) in [4.78, 5) is 0. The highest BCUT2D eigenvalue weighted by Crippen LogP contribution is 2.33. The Morgan fingerprint density at radius 3 is 2.71 bits per heavy atom. The maximum absolute atomic E-state index is 13.0. The van der Waals surface area contributed by atoms with E-state index in [9.17, 15) is 13.2 Å². The van der Waals surface area contributed by atoms with Gasteiger partial charge >= 0.3 is 6.18 Å². The first-order valence-corrected chi connectivity index (χ1v) is 6.98. The molecule has 2 rings (SSSR count). The Bertz CT molecular complexity index is 667. The van der Waals surface area contributed by atoms with E-state index in [4.69, 9.17) is 5.26 Å². The maximum atomic E-state index is 13.0. The molecule has 0 spiro atoms. The van der Waals surface area contributed by atoms with Crippen LogP contribution in [0.2, 0.25) is 0 Å². The minimum Gasteiger partial charge on any atom is -0.286 e. The highest BCUT2D eigenvalue weighted by Gasteiger charge is 2.39. The molecule has 0 radical (unpaired) electrons. The molecule has 0 aliphatic carbocycles. The van der Waals surface area contributed by atoms with Gasteiger partial charge in [-0.25, -0.2) is 0 Å². The average Bonchev–Trinajstić information content (AvgIpc) is 2.80. The van der Waals surface area contributed by atoms with Crippen LogP contribution in [0.15, 0.2) is 22.9 Å². The van der Waals surface area contributed by atoms with Gasteiger partial charge in [-0.05, 0) is 18.6 Å². The number of nitrogens with zero attached hydrogens (tertiary/aromatic N) is 4. The molecule has 0 saturated carbocycles. The van der Waals surface area contributed by atoms with Crippen molar-refractivity contribution in [3.05, 3.63) is 29.1 Å². The summed E-state index contributed by atoms with van der Waals surface area (Å²) in [7, 11) is 1.41. The molecule has 1 aromatic heterocycles. The first-order chi connectivity index (χ1) is 9.70. The fourth-order valence-electron chi connectivity index (χ4n) is 1.96. The Morgan fingerprint density at radius 2 is 2.19 bits per heavy atom. The second-order valence-corrected chi connectivity index (χ2v) is 5.31. The molecule has 0 saturated heterocycles. The van der Waals surface area contributed by atoms with E-state index in [0.29, 0.717) is 5.57 Å². The van der Waals surface area contributed by atoms with Crippen LogP contribution in [0.3, 0.4) is 0 Å². The number of nitriles is 1. The second-order valence-electron chi connectivity index (χ2n) is 4.75. The van der Waals surface area contributed by atoms with Gasteiger partial charge in [-0.1, -0.05) is 15.9 Å².